The summed E-state index contributed by atoms with van der Waals surface area (Å²) in [6, 6.07) is 6.28. The summed E-state index contributed by atoms with van der Waals surface area (Å²) < 4.78 is 1.98. The number of aryl methyl sites for hydroxylation is 1. The maximum absolute atomic E-state index is 12.3. The van der Waals surface area contributed by atoms with Gasteiger partial charge in [0.15, 0.2) is 11.0 Å². The number of nitro groups is 1. The molecule has 0 atom stereocenters. The SMILES string of the molecule is CCCc1cc(-c2nnc(SCC(=O)Nc3ccc(Cl)c([N+](=O)[O-])c3)n2CC)cs1. The van der Waals surface area contributed by atoms with E-state index in [4.69, 9.17) is 11.6 Å². The molecule has 0 aliphatic heterocycles. The van der Waals surface area contributed by atoms with E-state index in [9.17, 15) is 14.9 Å². The predicted molar refractivity (Wildman–Crippen MR) is 120 cm³/mol. The van der Waals surface area contributed by atoms with Crippen molar-refractivity contribution in [3.05, 3.63) is 49.7 Å². The molecule has 3 rings (SSSR count). The van der Waals surface area contributed by atoms with Crippen LogP contribution in [0.5, 0.6) is 0 Å². The number of benzene rings is 1. The smallest absolute Gasteiger partial charge is 0.289 e. The van der Waals surface area contributed by atoms with Gasteiger partial charge in [0.05, 0.1) is 10.7 Å². The van der Waals surface area contributed by atoms with Crippen LogP contribution in [0.1, 0.15) is 25.1 Å². The normalized spacial score (nSPS) is 10.9. The number of hydrogen-bond acceptors (Lipinski definition) is 7. The van der Waals surface area contributed by atoms with Crippen molar-refractivity contribution in [3.63, 3.8) is 0 Å². The first-order chi connectivity index (χ1) is 14.4. The van der Waals surface area contributed by atoms with Crippen LogP contribution in [0.25, 0.3) is 11.4 Å². The molecule has 0 unspecified atom stereocenters. The molecular weight excluding hydrogens is 446 g/mol. The van der Waals surface area contributed by atoms with Gasteiger partial charge >= 0.3 is 0 Å². The van der Waals surface area contributed by atoms with E-state index in [1.54, 1.807) is 11.3 Å². The monoisotopic (exact) mass is 465 g/mol. The molecule has 0 aliphatic carbocycles. The third-order valence-corrected chi connectivity index (χ3v) is 6.48. The molecule has 11 heteroatoms. The molecule has 0 fully saturated rings. The fraction of sp³-hybridized carbons (Fsp3) is 0.316. The lowest BCUT2D eigenvalue weighted by Crippen LogP contribution is -2.14. The zero-order valence-corrected chi connectivity index (χ0v) is 18.8. The van der Waals surface area contributed by atoms with Crippen molar-refractivity contribution in [3.8, 4) is 11.4 Å². The van der Waals surface area contributed by atoms with Gasteiger partial charge in [-0.3, -0.25) is 14.9 Å². The number of thiophene rings is 1. The second-order valence-corrected chi connectivity index (χ2v) is 8.71. The first-order valence-electron chi connectivity index (χ1n) is 9.30. The minimum Gasteiger partial charge on any atom is -0.325 e. The summed E-state index contributed by atoms with van der Waals surface area (Å²) in [6.45, 7) is 4.83. The van der Waals surface area contributed by atoms with Crippen LogP contribution in [-0.2, 0) is 17.8 Å². The molecule has 30 heavy (non-hydrogen) atoms. The number of carbonyl (C=O) groups is 1. The summed E-state index contributed by atoms with van der Waals surface area (Å²) >= 11 is 8.78. The van der Waals surface area contributed by atoms with Gasteiger partial charge < -0.3 is 9.88 Å². The number of nitrogens with one attached hydrogen (secondary N) is 1. The lowest BCUT2D eigenvalue weighted by Gasteiger charge is -2.07. The highest BCUT2D eigenvalue weighted by molar-refractivity contribution is 7.99. The van der Waals surface area contributed by atoms with E-state index >= 15 is 0 Å². The molecule has 1 aromatic carbocycles. The van der Waals surface area contributed by atoms with Crippen LogP contribution in [0, 0.1) is 10.1 Å². The van der Waals surface area contributed by atoms with Gasteiger partial charge in [0, 0.05) is 34.1 Å². The summed E-state index contributed by atoms with van der Waals surface area (Å²) in [5.41, 5.74) is 1.09. The van der Waals surface area contributed by atoms with Gasteiger partial charge in [-0.05, 0) is 31.5 Å². The summed E-state index contributed by atoms with van der Waals surface area (Å²) in [7, 11) is 0. The number of nitro benzene ring substituents is 1. The molecular formula is C19H20ClN5O3S2. The Morgan fingerprint density at radius 2 is 2.13 bits per heavy atom. The predicted octanol–water partition coefficient (Wildman–Crippen LogP) is 5.27. The van der Waals surface area contributed by atoms with Crippen molar-refractivity contribution in [2.75, 3.05) is 11.1 Å². The molecule has 0 saturated carbocycles. The number of amides is 1. The van der Waals surface area contributed by atoms with Crippen LogP contribution in [0.4, 0.5) is 11.4 Å². The fourth-order valence-electron chi connectivity index (χ4n) is 2.83. The number of nitrogens with zero attached hydrogens (tertiary/aromatic N) is 4. The third-order valence-electron chi connectivity index (χ3n) is 4.20. The topological polar surface area (TPSA) is 103 Å². The second-order valence-electron chi connectivity index (χ2n) is 6.36. The number of rotatable bonds is 9. The Morgan fingerprint density at radius 1 is 1.33 bits per heavy atom. The van der Waals surface area contributed by atoms with Gasteiger partial charge in [-0.1, -0.05) is 36.7 Å². The zero-order valence-electron chi connectivity index (χ0n) is 16.4. The molecule has 0 bridgehead atoms. The van der Waals surface area contributed by atoms with Crippen LogP contribution >= 0.6 is 34.7 Å². The molecule has 1 N–H and O–H groups in total. The van der Waals surface area contributed by atoms with E-state index in [2.05, 4.69) is 33.9 Å². The van der Waals surface area contributed by atoms with E-state index < -0.39 is 4.92 Å². The lowest BCUT2D eigenvalue weighted by atomic mass is 10.2. The standard InChI is InChI=1S/C19H20ClN5O3S2/c1-3-5-14-8-12(10-29-14)18-22-23-19(24(18)4-2)30-11-17(26)21-13-6-7-15(20)16(9-13)25(27)28/h6-10H,3-5,11H2,1-2H3,(H,21,26). The lowest BCUT2D eigenvalue weighted by molar-refractivity contribution is -0.384. The summed E-state index contributed by atoms with van der Waals surface area (Å²) in [6.07, 6.45) is 2.13. The van der Waals surface area contributed by atoms with E-state index in [1.165, 1.54) is 34.8 Å². The van der Waals surface area contributed by atoms with E-state index in [0.717, 1.165) is 24.2 Å². The molecule has 0 saturated heterocycles. The summed E-state index contributed by atoms with van der Waals surface area (Å²) in [5.74, 6) is 0.580. The summed E-state index contributed by atoms with van der Waals surface area (Å²) in [4.78, 5) is 24.0. The van der Waals surface area contributed by atoms with Crippen molar-refractivity contribution in [1.29, 1.82) is 0 Å². The van der Waals surface area contributed by atoms with Crippen LogP contribution < -0.4 is 5.32 Å². The van der Waals surface area contributed by atoms with Crippen LogP contribution in [-0.4, -0.2) is 31.3 Å². The van der Waals surface area contributed by atoms with Gasteiger partial charge in [0.1, 0.15) is 5.02 Å². The molecule has 0 spiro atoms. The first-order valence-corrected chi connectivity index (χ1v) is 11.5. The molecule has 8 nitrogen and oxygen atoms in total. The van der Waals surface area contributed by atoms with Gasteiger partial charge in [-0.2, -0.15) is 0 Å². The van der Waals surface area contributed by atoms with Gasteiger partial charge in [-0.25, -0.2) is 0 Å². The highest BCUT2D eigenvalue weighted by Crippen LogP contribution is 2.29. The minimum atomic E-state index is -0.589. The molecule has 1 amide bonds. The average molecular weight is 466 g/mol. The van der Waals surface area contributed by atoms with E-state index in [1.807, 2.05) is 11.5 Å². The van der Waals surface area contributed by atoms with E-state index in [0.29, 0.717) is 17.4 Å². The van der Waals surface area contributed by atoms with Crippen molar-refractivity contribution < 1.29 is 9.72 Å². The van der Waals surface area contributed by atoms with Crippen LogP contribution in [0.15, 0.2) is 34.8 Å². The van der Waals surface area contributed by atoms with Crippen molar-refractivity contribution in [2.45, 2.75) is 38.4 Å². The Hall–Kier alpha value is -2.43. The maximum Gasteiger partial charge on any atom is 0.289 e. The van der Waals surface area contributed by atoms with Gasteiger partial charge in [0.25, 0.3) is 5.69 Å². The zero-order chi connectivity index (χ0) is 21.7. The molecule has 2 aromatic heterocycles. The first kappa shape index (κ1) is 22.3. The molecule has 0 radical (unpaired) electrons. The van der Waals surface area contributed by atoms with Gasteiger partial charge in [0.2, 0.25) is 5.91 Å². The molecule has 2 heterocycles. The fourth-order valence-corrected chi connectivity index (χ4v) is 4.78. The van der Waals surface area contributed by atoms with Crippen molar-refractivity contribution >= 4 is 52.0 Å². The van der Waals surface area contributed by atoms with E-state index in [-0.39, 0.29) is 22.4 Å². The molecule has 0 aliphatic rings. The Bertz CT molecular complexity index is 1070. The molecule has 158 valence electrons. The van der Waals surface area contributed by atoms with Crippen molar-refractivity contribution in [2.24, 2.45) is 0 Å². The number of anilines is 1. The highest BCUT2D eigenvalue weighted by Gasteiger charge is 2.17. The van der Waals surface area contributed by atoms with Crippen molar-refractivity contribution in [1.82, 2.24) is 14.8 Å². The number of aromatic nitrogens is 3. The largest absolute Gasteiger partial charge is 0.325 e. The minimum absolute atomic E-state index is 0.0199. The summed E-state index contributed by atoms with van der Waals surface area (Å²) in [5, 5.41) is 24.9. The molecule has 3 aromatic rings. The Kier molecular flexibility index (Phi) is 7.46. The number of thioether (sulfide) groups is 1. The number of carbonyl (C=O) groups excluding carboxylic acids is 1. The van der Waals surface area contributed by atoms with Crippen LogP contribution in [0.2, 0.25) is 5.02 Å². The Balaban J connectivity index is 1.67. The number of halogens is 1. The average Bonchev–Trinajstić information content (AvgIpc) is 3.34. The quantitative estimate of drug-likeness (QED) is 0.262. The third kappa shape index (κ3) is 5.18. The number of hydrogen-bond donors (Lipinski definition) is 1. The maximum atomic E-state index is 12.3. The second kappa shape index (κ2) is 10.1. The Morgan fingerprint density at radius 3 is 2.83 bits per heavy atom. The highest BCUT2D eigenvalue weighted by atomic mass is 35.5. The Labute approximate surface area is 186 Å². The van der Waals surface area contributed by atoms with Crippen LogP contribution in [0.3, 0.4) is 0 Å². The van der Waals surface area contributed by atoms with Gasteiger partial charge in [-0.15, -0.1) is 21.5 Å².